The number of carbonyl (C=O) groups is 4. The number of piperidine rings is 1. The van der Waals surface area contributed by atoms with E-state index in [0.717, 1.165) is 5.56 Å². The molecule has 218 valence electrons. The van der Waals surface area contributed by atoms with Gasteiger partial charge >= 0.3 is 6.09 Å². The summed E-state index contributed by atoms with van der Waals surface area (Å²) >= 11 is 0. The standard InChI is InChI=1S/C30H34FN3O7/c1-30(2,3)41-29(38)32-16-23(31)25(17-32)40-21-9-10-22-19(13-21)15-33(27(22)36)24-11-12-26(35)34(28(24)37)14-18-5-7-20(39-4)8-6-18/h5-10,13,23-25H,11-12,14-17H2,1-4H3/t23-,24?,25-/m1/s1. The SMILES string of the molecule is COc1ccc(CN2C(=O)CCC(N3Cc4cc(O[C@@H]5CN(C(=O)OC(C)(C)C)C[C@H]5F)ccc4C3=O)C2=O)cc1. The third kappa shape index (κ3) is 5.98. The highest BCUT2D eigenvalue weighted by molar-refractivity contribution is 6.05. The van der Waals surface area contributed by atoms with Gasteiger partial charge in [-0.3, -0.25) is 19.3 Å². The zero-order valence-electron chi connectivity index (χ0n) is 23.6. The summed E-state index contributed by atoms with van der Waals surface area (Å²) in [6.45, 7) is 5.41. The zero-order chi connectivity index (χ0) is 29.5. The number of ether oxygens (including phenoxy) is 3. The molecule has 3 atom stereocenters. The van der Waals surface area contributed by atoms with Gasteiger partial charge in [0.05, 0.1) is 26.7 Å². The van der Waals surface area contributed by atoms with E-state index < -0.39 is 35.9 Å². The monoisotopic (exact) mass is 567 g/mol. The first-order valence-corrected chi connectivity index (χ1v) is 13.6. The number of imide groups is 1. The summed E-state index contributed by atoms with van der Waals surface area (Å²) in [5, 5.41) is 0. The van der Waals surface area contributed by atoms with Crippen LogP contribution in [-0.2, 0) is 27.4 Å². The Hall–Kier alpha value is -4.15. The maximum absolute atomic E-state index is 14.8. The van der Waals surface area contributed by atoms with Crippen molar-refractivity contribution < 1.29 is 37.8 Å². The molecule has 0 N–H and O–H groups in total. The predicted molar refractivity (Wildman–Crippen MR) is 145 cm³/mol. The summed E-state index contributed by atoms with van der Waals surface area (Å²) in [6.07, 6.45) is -2.49. The van der Waals surface area contributed by atoms with Gasteiger partial charge in [-0.25, -0.2) is 9.18 Å². The van der Waals surface area contributed by atoms with Crippen molar-refractivity contribution in [2.45, 2.75) is 70.6 Å². The van der Waals surface area contributed by atoms with Gasteiger partial charge < -0.3 is 24.0 Å². The lowest BCUT2D eigenvalue weighted by atomic mass is 10.0. The van der Waals surface area contributed by atoms with Crippen LogP contribution in [0.1, 0.15) is 55.1 Å². The van der Waals surface area contributed by atoms with E-state index in [9.17, 15) is 23.6 Å². The molecule has 0 aromatic heterocycles. The van der Waals surface area contributed by atoms with Crippen molar-refractivity contribution in [3.63, 3.8) is 0 Å². The number of nitrogens with zero attached hydrogens (tertiary/aromatic N) is 3. The molecular weight excluding hydrogens is 533 g/mol. The second-order valence-electron chi connectivity index (χ2n) is 11.5. The molecule has 0 aliphatic carbocycles. The number of alkyl halides is 1. The summed E-state index contributed by atoms with van der Waals surface area (Å²) < 4.78 is 31.2. The molecule has 3 heterocycles. The largest absolute Gasteiger partial charge is 0.497 e. The fourth-order valence-electron chi connectivity index (χ4n) is 5.33. The van der Waals surface area contributed by atoms with Crippen LogP contribution in [0.3, 0.4) is 0 Å². The number of hydrogen-bond acceptors (Lipinski definition) is 7. The molecule has 41 heavy (non-hydrogen) atoms. The maximum atomic E-state index is 14.8. The van der Waals surface area contributed by atoms with E-state index in [0.29, 0.717) is 22.6 Å². The number of amides is 4. The Bertz CT molecular complexity index is 1360. The van der Waals surface area contributed by atoms with E-state index in [2.05, 4.69) is 0 Å². The van der Waals surface area contributed by atoms with Crippen LogP contribution in [0.25, 0.3) is 0 Å². The van der Waals surface area contributed by atoms with Gasteiger partial charge in [0.1, 0.15) is 29.2 Å². The van der Waals surface area contributed by atoms with Gasteiger partial charge in [-0.1, -0.05) is 12.1 Å². The first-order chi connectivity index (χ1) is 19.4. The number of fused-ring (bicyclic) bond motifs is 1. The Kier molecular flexibility index (Phi) is 7.63. The summed E-state index contributed by atoms with van der Waals surface area (Å²) in [5.41, 5.74) is 1.16. The van der Waals surface area contributed by atoms with Gasteiger partial charge in [0, 0.05) is 18.5 Å². The lowest BCUT2D eigenvalue weighted by molar-refractivity contribution is -0.153. The Morgan fingerprint density at radius 1 is 1.02 bits per heavy atom. The van der Waals surface area contributed by atoms with E-state index in [4.69, 9.17) is 14.2 Å². The Morgan fingerprint density at radius 3 is 2.41 bits per heavy atom. The molecule has 2 aromatic rings. The summed E-state index contributed by atoms with van der Waals surface area (Å²) in [7, 11) is 1.56. The van der Waals surface area contributed by atoms with Crippen molar-refractivity contribution in [2.75, 3.05) is 20.2 Å². The highest BCUT2D eigenvalue weighted by Gasteiger charge is 2.43. The predicted octanol–water partition coefficient (Wildman–Crippen LogP) is 3.71. The first-order valence-electron chi connectivity index (χ1n) is 13.6. The second-order valence-corrected chi connectivity index (χ2v) is 11.5. The van der Waals surface area contributed by atoms with Crippen molar-refractivity contribution >= 4 is 23.8 Å². The molecular formula is C30H34FN3O7. The lowest BCUT2D eigenvalue weighted by Gasteiger charge is -2.35. The smallest absolute Gasteiger partial charge is 0.410 e. The number of carbonyl (C=O) groups excluding carboxylic acids is 4. The lowest BCUT2D eigenvalue weighted by Crippen LogP contribution is -2.54. The van der Waals surface area contributed by atoms with E-state index in [1.165, 1.54) is 14.7 Å². The molecule has 5 rings (SSSR count). The van der Waals surface area contributed by atoms with E-state index in [-0.39, 0.29) is 50.8 Å². The van der Waals surface area contributed by atoms with Gasteiger partial charge in [-0.15, -0.1) is 0 Å². The number of likely N-dealkylation sites (tertiary alicyclic amines) is 2. The summed E-state index contributed by atoms with van der Waals surface area (Å²) in [5.74, 6) is 0.0391. The number of halogens is 1. The molecule has 11 heteroatoms. The van der Waals surface area contributed by atoms with E-state index in [1.807, 2.05) is 0 Å². The third-order valence-electron chi connectivity index (χ3n) is 7.41. The average Bonchev–Trinajstić information content (AvgIpc) is 3.45. The van der Waals surface area contributed by atoms with Crippen LogP contribution in [0.2, 0.25) is 0 Å². The minimum absolute atomic E-state index is 0.0346. The van der Waals surface area contributed by atoms with Gasteiger partial charge in [0.15, 0.2) is 6.17 Å². The van der Waals surface area contributed by atoms with Crippen LogP contribution in [0.15, 0.2) is 42.5 Å². The molecule has 0 saturated carbocycles. The molecule has 1 unspecified atom stereocenters. The Balaban J connectivity index is 1.25. The topological polar surface area (TPSA) is 106 Å². The van der Waals surface area contributed by atoms with Gasteiger partial charge in [0.2, 0.25) is 5.91 Å². The van der Waals surface area contributed by atoms with Crippen molar-refractivity contribution in [3.05, 3.63) is 59.2 Å². The summed E-state index contributed by atoms with van der Waals surface area (Å²) in [6, 6.07) is 11.2. The molecule has 0 spiro atoms. The zero-order valence-corrected chi connectivity index (χ0v) is 23.6. The molecule has 2 aromatic carbocycles. The first kappa shape index (κ1) is 28.4. The van der Waals surface area contributed by atoms with Gasteiger partial charge in [0.25, 0.3) is 11.8 Å². The van der Waals surface area contributed by atoms with Crippen LogP contribution >= 0.6 is 0 Å². The minimum Gasteiger partial charge on any atom is -0.497 e. The number of methoxy groups -OCH3 is 1. The van der Waals surface area contributed by atoms with Crippen LogP contribution in [0.5, 0.6) is 11.5 Å². The van der Waals surface area contributed by atoms with Crippen molar-refractivity contribution in [3.8, 4) is 11.5 Å². The van der Waals surface area contributed by atoms with Crippen LogP contribution in [0.4, 0.5) is 9.18 Å². The summed E-state index contributed by atoms with van der Waals surface area (Å²) in [4.78, 5) is 55.7. The average molecular weight is 568 g/mol. The van der Waals surface area contributed by atoms with E-state index in [1.54, 1.807) is 70.3 Å². The molecule has 10 nitrogen and oxygen atoms in total. The highest BCUT2D eigenvalue weighted by Crippen LogP contribution is 2.33. The molecule has 2 saturated heterocycles. The Labute approximate surface area is 237 Å². The van der Waals surface area contributed by atoms with Crippen LogP contribution in [-0.4, -0.2) is 82.6 Å². The molecule has 0 radical (unpaired) electrons. The number of rotatable bonds is 6. The minimum atomic E-state index is -1.40. The highest BCUT2D eigenvalue weighted by atomic mass is 19.1. The van der Waals surface area contributed by atoms with E-state index >= 15 is 0 Å². The quantitative estimate of drug-likeness (QED) is 0.490. The third-order valence-corrected chi connectivity index (χ3v) is 7.41. The molecule has 4 amide bonds. The van der Waals surface area contributed by atoms with Gasteiger partial charge in [-0.05, 0) is 68.7 Å². The van der Waals surface area contributed by atoms with Crippen LogP contribution < -0.4 is 9.47 Å². The Morgan fingerprint density at radius 2 is 1.73 bits per heavy atom. The van der Waals surface area contributed by atoms with Crippen molar-refractivity contribution in [1.29, 1.82) is 0 Å². The van der Waals surface area contributed by atoms with Crippen molar-refractivity contribution in [2.24, 2.45) is 0 Å². The molecule has 2 fully saturated rings. The van der Waals surface area contributed by atoms with Crippen LogP contribution in [0, 0.1) is 0 Å². The molecule has 3 aliphatic heterocycles. The van der Waals surface area contributed by atoms with Crippen molar-refractivity contribution in [1.82, 2.24) is 14.7 Å². The molecule has 0 bridgehead atoms. The fraction of sp³-hybridized carbons (Fsp3) is 0.467. The number of hydrogen-bond donors (Lipinski definition) is 0. The normalized spacial score (nSPS) is 22.7. The molecule has 3 aliphatic rings. The maximum Gasteiger partial charge on any atom is 0.410 e. The van der Waals surface area contributed by atoms with Gasteiger partial charge in [-0.2, -0.15) is 0 Å². The fourth-order valence-corrected chi connectivity index (χ4v) is 5.33. The number of benzene rings is 2. The second kappa shape index (κ2) is 11.0.